The number of rotatable bonds is 4. The van der Waals surface area contributed by atoms with Crippen LogP contribution in [0.3, 0.4) is 0 Å². The summed E-state index contributed by atoms with van der Waals surface area (Å²) in [4.78, 5) is 4.17. The molecule has 3 aromatic rings. The molecule has 9 heteroatoms. The molecule has 1 fully saturated rings. The van der Waals surface area contributed by atoms with E-state index in [4.69, 9.17) is 11.6 Å². The van der Waals surface area contributed by atoms with Gasteiger partial charge < -0.3 is 9.67 Å². The highest BCUT2D eigenvalue weighted by Crippen LogP contribution is 2.29. The maximum Gasteiger partial charge on any atom is 0.243 e. The van der Waals surface area contributed by atoms with Gasteiger partial charge in [0.15, 0.2) is 0 Å². The Hall–Kier alpha value is -2.00. The number of hydrogen-bond donors (Lipinski definition) is 1. The molecule has 0 atom stereocenters. The fourth-order valence-corrected chi connectivity index (χ4v) is 5.21. The van der Waals surface area contributed by atoms with Gasteiger partial charge in [0.05, 0.1) is 28.1 Å². The lowest BCUT2D eigenvalue weighted by atomic mass is 9.92. The van der Waals surface area contributed by atoms with Crippen LogP contribution in [0.1, 0.15) is 12.8 Å². The van der Waals surface area contributed by atoms with Gasteiger partial charge in [-0.05, 0) is 49.2 Å². The van der Waals surface area contributed by atoms with Crippen LogP contribution in [0.15, 0.2) is 53.6 Å². The molecule has 1 aromatic carbocycles. The summed E-state index contributed by atoms with van der Waals surface area (Å²) in [7, 11) is -3.79. The van der Waals surface area contributed by atoms with Crippen LogP contribution in [0.5, 0.6) is 0 Å². The number of fused-ring (bicyclic) bond motifs is 1. The Labute approximate surface area is 167 Å². The summed E-state index contributed by atoms with van der Waals surface area (Å²) >= 11 is 5.91. The highest BCUT2D eigenvalue weighted by atomic mass is 35.5. The van der Waals surface area contributed by atoms with Crippen molar-refractivity contribution in [3.63, 3.8) is 0 Å². The van der Waals surface area contributed by atoms with Crippen LogP contribution in [0.25, 0.3) is 11.0 Å². The Morgan fingerprint density at radius 2 is 1.93 bits per heavy atom. The van der Waals surface area contributed by atoms with E-state index in [1.807, 2.05) is 22.9 Å². The Balaban J connectivity index is 1.49. The van der Waals surface area contributed by atoms with E-state index in [1.54, 1.807) is 6.07 Å². The monoisotopic (exact) mass is 423 g/mol. The van der Waals surface area contributed by atoms with Crippen molar-refractivity contribution < 1.29 is 17.9 Å². The molecule has 6 nitrogen and oxygen atoms in total. The molecule has 2 aromatic heterocycles. The topological polar surface area (TPSA) is 75.4 Å². The molecule has 28 heavy (non-hydrogen) atoms. The van der Waals surface area contributed by atoms with E-state index >= 15 is 0 Å². The molecule has 0 bridgehead atoms. The molecule has 1 saturated heterocycles. The number of pyridine rings is 1. The lowest BCUT2D eigenvalue weighted by Gasteiger charge is -2.37. The number of hydrogen-bond acceptors (Lipinski definition) is 4. The second-order valence-electron chi connectivity index (χ2n) is 7.07. The van der Waals surface area contributed by atoms with Gasteiger partial charge in [-0.15, -0.1) is 0 Å². The second-order valence-corrected chi connectivity index (χ2v) is 9.39. The first-order valence-electron chi connectivity index (χ1n) is 8.86. The zero-order valence-corrected chi connectivity index (χ0v) is 16.5. The minimum absolute atomic E-state index is 0.0719. The van der Waals surface area contributed by atoms with E-state index in [9.17, 15) is 17.9 Å². The third-order valence-electron chi connectivity index (χ3n) is 5.14. The van der Waals surface area contributed by atoms with Gasteiger partial charge in [-0.3, -0.25) is 0 Å². The Bertz CT molecular complexity index is 1120. The molecular formula is C19H19ClFN3O3S. The number of aromatic nitrogens is 2. The van der Waals surface area contributed by atoms with Crippen molar-refractivity contribution in [3.05, 3.63) is 59.6 Å². The zero-order chi connectivity index (χ0) is 19.9. The van der Waals surface area contributed by atoms with Crippen LogP contribution in [-0.2, 0) is 16.6 Å². The number of halogens is 2. The van der Waals surface area contributed by atoms with Gasteiger partial charge in [-0.25, -0.2) is 17.8 Å². The number of nitrogens with zero attached hydrogens (tertiary/aromatic N) is 3. The molecule has 4 rings (SSSR count). The van der Waals surface area contributed by atoms with Gasteiger partial charge in [0.2, 0.25) is 10.0 Å². The van der Waals surface area contributed by atoms with Crippen molar-refractivity contribution in [3.8, 4) is 0 Å². The summed E-state index contributed by atoms with van der Waals surface area (Å²) in [6.45, 7) is 0.658. The maximum atomic E-state index is 13.4. The number of benzene rings is 1. The van der Waals surface area contributed by atoms with Crippen molar-refractivity contribution >= 4 is 32.7 Å². The van der Waals surface area contributed by atoms with Crippen LogP contribution in [0.2, 0.25) is 5.15 Å². The van der Waals surface area contributed by atoms with E-state index in [-0.39, 0.29) is 30.8 Å². The summed E-state index contributed by atoms with van der Waals surface area (Å²) in [5, 5.41) is 11.4. The van der Waals surface area contributed by atoms with Crippen molar-refractivity contribution in [2.45, 2.75) is 29.9 Å². The normalized spacial score (nSPS) is 17.8. The third kappa shape index (κ3) is 3.65. The lowest BCUT2D eigenvalue weighted by molar-refractivity contribution is -0.0185. The van der Waals surface area contributed by atoms with Crippen LogP contribution < -0.4 is 0 Å². The molecule has 0 radical (unpaired) electrons. The Morgan fingerprint density at radius 3 is 2.64 bits per heavy atom. The third-order valence-corrected chi connectivity index (χ3v) is 7.25. The smallest absolute Gasteiger partial charge is 0.243 e. The minimum atomic E-state index is -3.79. The molecule has 148 valence electrons. The molecule has 0 spiro atoms. The van der Waals surface area contributed by atoms with Crippen molar-refractivity contribution in [1.82, 2.24) is 13.9 Å². The van der Waals surface area contributed by atoms with Crippen molar-refractivity contribution in [1.29, 1.82) is 0 Å². The Kier molecular flexibility index (Phi) is 4.91. The standard InChI is InChI=1S/C19H19ClFN3O3S/c20-18-5-4-17-16(22-18)6-9-23(17)13-19(25)7-10-24(11-8-19)28(26,27)15-3-1-2-14(21)12-15/h1-6,9,12,25H,7-8,10-11,13H2. The average molecular weight is 424 g/mol. The first-order chi connectivity index (χ1) is 13.3. The molecule has 3 heterocycles. The summed E-state index contributed by atoms with van der Waals surface area (Å²) in [5.41, 5.74) is 0.550. The fourth-order valence-electron chi connectivity index (χ4n) is 3.58. The summed E-state index contributed by atoms with van der Waals surface area (Å²) in [6.07, 6.45) is 2.40. The molecular weight excluding hydrogens is 405 g/mol. The predicted octanol–water partition coefficient (Wildman–Crippen LogP) is 3.04. The largest absolute Gasteiger partial charge is 0.388 e. The van der Waals surface area contributed by atoms with Gasteiger partial charge >= 0.3 is 0 Å². The van der Waals surface area contributed by atoms with Crippen molar-refractivity contribution in [2.75, 3.05) is 13.1 Å². The number of sulfonamides is 1. The first kappa shape index (κ1) is 19.3. The molecule has 1 N–H and O–H groups in total. The highest BCUT2D eigenvalue weighted by molar-refractivity contribution is 7.89. The van der Waals surface area contributed by atoms with Gasteiger partial charge in [-0.1, -0.05) is 17.7 Å². The van der Waals surface area contributed by atoms with Crippen LogP contribution in [0.4, 0.5) is 4.39 Å². The first-order valence-corrected chi connectivity index (χ1v) is 10.7. The second kappa shape index (κ2) is 7.11. The molecule has 1 aliphatic heterocycles. The summed E-state index contributed by atoms with van der Waals surface area (Å²) < 4.78 is 42.1. The van der Waals surface area contributed by atoms with Crippen LogP contribution in [0, 0.1) is 5.82 Å². The summed E-state index contributed by atoms with van der Waals surface area (Å²) in [6, 6.07) is 10.3. The number of piperidine rings is 1. The average Bonchev–Trinajstić information content (AvgIpc) is 3.03. The van der Waals surface area contributed by atoms with E-state index in [1.165, 1.54) is 22.5 Å². The van der Waals surface area contributed by atoms with Crippen molar-refractivity contribution in [2.24, 2.45) is 0 Å². The summed E-state index contributed by atoms with van der Waals surface area (Å²) in [5.74, 6) is -0.595. The molecule has 0 saturated carbocycles. The van der Waals surface area contributed by atoms with Crippen LogP contribution >= 0.6 is 11.6 Å². The van der Waals surface area contributed by atoms with E-state index in [0.29, 0.717) is 11.7 Å². The lowest BCUT2D eigenvalue weighted by Crippen LogP contribution is -2.48. The van der Waals surface area contributed by atoms with E-state index in [0.717, 1.165) is 17.1 Å². The van der Waals surface area contributed by atoms with Gasteiger partial charge in [-0.2, -0.15) is 4.31 Å². The molecule has 0 unspecified atom stereocenters. The van der Waals surface area contributed by atoms with Gasteiger partial charge in [0.25, 0.3) is 0 Å². The fraction of sp³-hybridized carbons (Fsp3) is 0.316. The predicted molar refractivity (Wildman–Crippen MR) is 104 cm³/mol. The quantitative estimate of drug-likeness (QED) is 0.654. The number of aliphatic hydroxyl groups is 1. The molecule has 1 aliphatic rings. The zero-order valence-electron chi connectivity index (χ0n) is 14.9. The van der Waals surface area contributed by atoms with E-state index in [2.05, 4.69) is 4.98 Å². The van der Waals surface area contributed by atoms with Gasteiger partial charge in [0.1, 0.15) is 11.0 Å². The Morgan fingerprint density at radius 1 is 1.18 bits per heavy atom. The minimum Gasteiger partial charge on any atom is -0.388 e. The molecule has 0 amide bonds. The SMILES string of the molecule is O=S(=O)(c1cccc(F)c1)N1CCC(O)(Cn2ccc3nc(Cl)ccc32)CC1. The maximum absolute atomic E-state index is 13.4. The molecule has 0 aliphatic carbocycles. The van der Waals surface area contributed by atoms with Crippen LogP contribution in [-0.4, -0.2) is 46.1 Å². The highest BCUT2D eigenvalue weighted by Gasteiger charge is 2.37. The van der Waals surface area contributed by atoms with Gasteiger partial charge in [0, 0.05) is 19.3 Å². The van der Waals surface area contributed by atoms with E-state index < -0.39 is 21.4 Å².